The second-order valence-corrected chi connectivity index (χ2v) is 3.03. The molecule has 70 valence electrons. The third kappa shape index (κ3) is 2.22. The number of rotatable bonds is 3. The zero-order valence-corrected chi connectivity index (χ0v) is 7.63. The van der Waals surface area contributed by atoms with Crippen LogP contribution in [0.2, 0.25) is 0 Å². The lowest BCUT2D eigenvalue weighted by Gasteiger charge is -1.98. The van der Waals surface area contributed by atoms with Gasteiger partial charge in [-0.1, -0.05) is 0 Å². The highest BCUT2D eigenvalue weighted by Crippen LogP contribution is 2.21. The third-order valence-electron chi connectivity index (χ3n) is 1.16. The molecule has 1 N–H and O–H groups in total. The van der Waals surface area contributed by atoms with E-state index in [1.165, 1.54) is 0 Å². The van der Waals surface area contributed by atoms with Gasteiger partial charge in [0.15, 0.2) is 5.01 Å². The van der Waals surface area contributed by atoms with Crippen molar-refractivity contribution in [2.45, 2.75) is 6.92 Å². The lowest BCUT2D eigenvalue weighted by atomic mass is 10.7. The molecule has 0 aliphatic rings. The molecule has 0 atom stereocenters. The Bertz CT molecular complexity index is 336. The predicted octanol–water partition coefficient (Wildman–Crippen LogP) is 1.41. The van der Waals surface area contributed by atoms with Crippen LogP contribution in [0.4, 0.5) is 5.00 Å². The molecule has 6 nitrogen and oxygen atoms in total. The SMILES string of the molecule is CCOC(=N)c1ncc([N+](=O)[O-])s1. The first-order valence-electron chi connectivity index (χ1n) is 3.47. The summed E-state index contributed by atoms with van der Waals surface area (Å²) in [7, 11) is 0. The molecule has 0 fully saturated rings. The molecule has 0 spiro atoms. The molecule has 0 unspecified atom stereocenters. The maximum absolute atomic E-state index is 10.3. The van der Waals surface area contributed by atoms with Gasteiger partial charge >= 0.3 is 5.00 Å². The minimum absolute atomic E-state index is 0.0838. The van der Waals surface area contributed by atoms with E-state index in [9.17, 15) is 10.1 Å². The van der Waals surface area contributed by atoms with Crippen molar-refractivity contribution in [3.63, 3.8) is 0 Å². The summed E-state index contributed by atoms with van der Waals surface area (Å²) >= 11 is 0.829. The van der Waals surface area contributed by atoms with E-state index >= 15 is 0 Å². The molecule has 0 aliphatic heterocycles. The van der Waals surface area contributed by atoms with Crippen LogP contribution in [-0.2, 0) is 4.74 Å². The molecular formula is C6H7N3O3S. The fourth-order valence-electron chi connectivity index (χ4n) is 0.661. The smallest absolute Gasteiger partial charge is 0.344 e. The molecule has 0 radical (unpaired) electrons. The number of hydrogen-bond donors (Lipinski definition) is 1. The summed E-state index contributed by atoms with van der Waals surface area (Å²) in [6, 6.07) is 0. The summed E-state index contributed by atoms with van der Waals surface area (Å²) in [5.41, 5.74) is 0. The fourth-order valence-corrected chi connectivity index (χ4v) is 1.30. The van der Waals surface area contributed by atoms with Gasteiger partial charge in [-0.2, -0.15) is 0 Å². The molecule has 0 aliphatic carbocycles. The van der Waals surface area contributed by atoms with Gasteiger partial charge in [0.2, 0.25) is 5.90 Å². The van der Waals surface area contributed by atoms with Gasteiger partial charge in [0, 0.05) is 0 Å². The van der Waals surface area contributed by atoms with E-state index in [0.29, 0.717) is 6.61 Å². The molecule has 1 heterocycles. The second-order valence-electron chi connectivity index (χ2n) is 2.02. The quantitative estimate of drug-likeness (QED) is 0.346. The fraction of sp³-hybridized carbons (Fsp3) is 0.333. The van der Waals surface area contributed by atoms with Crippen LogP contribution in [0.15, 0.2) is 6.20 Å². The van der Waals surface area contributed by atoms with Crippen molar-refractivity contribution in [2.75, 3.05) is 6.61 Å². The lowest BCUT2D eigenvalue weighted by Crippen LogP contribution is -2.03. The molecule has 0 aromatic carbocycles. The number of ether oxygens (including phenoxy) is 1. The number of aromatic nitrogens is 1. The van der Waals surface area contributed by atoms with Crippen molar-refractivity contribution in [3.05, 3.63) is 21.3 Å². The van der Waals surface area contributed by atoms with E-state index in [1.807, 2.05) is 0 Å². The largest absolute Gasteiger partial charge is 0.476 e. The Balaban J connectivity index is 2.79. The Morgan fingerprint density at radius 2 is 2.62 bits per heavy atom. The molecule has 0 saturated heterocycles. The van der Waals surface area contributed by atoms with Crippen LogP contribution in [0.25, 0.3) is 0 Å². The summed E-state index contributed by atoms with van der Waals surface area (Å²) in [6.07, 6.45) is 1.12. The highest BCUT2D eigenvalue weighted by Gasteiger charge is 2.14. The van der Waals surface area contributed by atoms with Gasteiger partial charge in [0.05, 0.1) is 11.5 Å². The van der Waals surface area contributed by atoms with Gasteiger partial charge in [-0.3, -0.25) is 15.5 Å². The maximum Gasteiger partial charge on any atom is 0.344 e. The van der Waals surface area contributed by atoms with Crippen LogP contribution >= 0.6 is 11.3 Å². The molecule has 0 saturated carbocycles. The van der Waals surface area contributed by atoms with Crippen molar-refractivity contribution in [1.82, 2.24) is 4.98 Å². The lowest BCUT2D eigenvalue weighted by molar-refractivity contribution is -0.380. The van der Waals surface area contributed by atoms with Gasteiger partial charge < -0.3 is 4.74 Å². The Hall–Kier alpha value is -1.50. The van der Waals surface area contributed by atoms with Crippen molar-refractivity contribution >= 4 is 22.2 Å². The first-order chi connectivity index (χ1) is 6.15. The highest BCUT2D eigenvalue weighted by atomic mass is 32.1. The van der Waals surface area contributed by atoms with E-state index in [4.69, 9.17) is 10.1 Å². The van der Waals surface area contributed by atoms with E-state index in [2.05, 4.69) is 4.98 Å². The Labute approximate surface area is 77.8 Å². The molecule has 1 aromatic heterocycles. The molecular weight excluding hydrogens is 194 g/mol. The third-order valence-corrected chi connectivity index (χ3v) is 2.10. The Morgan fingerprint density at radius 3 is 3.08 bits per heavy atom. The normalized spacial score (nSPS) is 9.62. The average Bonchev–Trinajstić information content (AvgIpc) is 2.52. The zero-order valence-electron chi connectivity index (χ0n) is 6.81. The van der Waals surface area contributed by atoms with Gasteiger partial charge in [-0.05, 0) is 18.3 Å². The molecule has 13 heavy (non-hydrogen) atoms. The van der Waals surface area contributed by atoms with E-state index < -0.39 is 4.92 Å². The van der Waals surface area contributed by atoms with E-state index in [1.54, 1.807) is 6.92 Å². The molecule has 1 aromatic rings. The van der Waals surface area contributed by atoms with Gasteiger partial charge in [0.25, 0.3) is 0 Å². The molecule has 0 amide bonds. The molecule has 7 heteroatoms. The van der Waals surface area contributed by atoms with E-state index in [0.717, 1.165) is 17.5 Å². The topological polar surface area (TPSA) is 89.1 Å². The van der Waals surface area contributed by atoms with E-state index in [-0.39, 0.29) is 15.9 Å². The van der Waals surface area contributed by atoms with Crippen LogP contribution in [0, 0.1) is 15.5 Å². The van der Waals surface area contributed by atoms with Crippen LogP contribution in [0.5, 0.6) is 0 Å². The number of nitrogens with zero attached hydrogens (tertiary/aromatic N) is 2. The minimum Gasteiger partial charge on any atom is -0.476 e. The summed E-state index contributed by atoms with van der Waals surface area (Å²) < 4.78 is 4.83. The van der Waals surface area contributed by atoms with Gasteiger partial charge in [0.1, 0.15) is 6.20 Å². The summed E-state index contributed by atoms with van der Waals surface area (Å²) in [5.74, 6) is -0.124. The first-order valence-corrected chi connectivity index (χ1v) is 4.28. The summed E-state index contributed by atoms with van der Waals surface area (Å²) in [5, 5.41) is 17.7. The zero-order chi connectivity index (χ0) is 9.84. The number of nitrogens with one attached hydrogen (secondary N) is 1. The Kier molecular flexibility index (Phi) is 2.91. The highest BCUT2D eigenvalue weighted by molar-refractivity contribution is 7.16. The predicted molar refractivity (Wildman–Crippen MR) is 47.2 cm³/mol. The number of nitro groups is 1. The minimum atomic E-state index is -0.541. The Morgan fingerprint density at radius 1 is 1.92 bits per heavy atom. The summed E-state index contributed by atoms with van der Waals surface area (Å²) in [6.45, 7) is 2.09. The summed E-state index contributed by atoms with van der Waals surface area (Å²) in [4.78, 5) is 13.4. The van der Waals surface area contributed by atoms with Crippen molar-refractivity contribution in [3.8, 4) is 0 Å². The second kappa shape index (κ2) is 3.94. The van der Waals surface area contributed by atoms with Gasteiger partial charge in [-0.25, -0.2) is 4.98 Å². The standard InChI is InChI=1S/C6H7N3O3S/c1-2-12-5(7)6-8-3-4(13-6)9(10)11/h3,7H,2H2,1H3. The molecule has 0 bridgehead atoms. The van der Waals surface area contributed by atoms with Crippen molar-refractivity contribution in [2.24, 2.45) is 0 Å². The first kappa shape index (κ1) is 9.59. The maximum atomic E-state index is 10.3. The number of thiazole rings is 1. The average molecular weight is 201 g/mol. The van der Waals surface area contributed by atoms with Crippen LogP contribution in [0.3, 0.4) is 0 Å². The monoisotopic (exact) mass is 201 g/mol. The number of hydrogen-bond acceptors (Lipinski definition) is 6. The van der Waals surface area contributed by atoms with Crippen molar-refractivity contribution in [1.29, 1.82) is 5.41 Å². The van der Waals surface area contributed by atoms with Gasteiger partial charge in [-0.15, -0.1) is 0 Å². The van der Waals surface area contributed by atoms with Crippen molar-refractivity contribution < 1.29 is 9.66 Å². The van der Waals surface area contributed by atoms with Crippen LogP contribution in [-0.4, -0.2) is 22.4 Å². The molecule has 1 rings (SSSR count). The van der Waals surface area contributed by atoms with Crippen LogP contribution in [0.1, 0.15) is 11.9 Å². The van der Waals surface area contributed by atoms with Crippen LogP contribution < -0.4 is 0 Å².